The summed E-state index contributed by atoms with van der Waals surface area (Å²) >= 11 is 6.24. The average molecular weight is 567 g/mol. The molecule has 4 aromatic rings. The Labute approximate surface area is 232 Å². The van der Waals surface area contributed by atoms with E-state index < -0.39 is 22.5 Å². The van der Waals surface area contributed by atoms with Gasteiger partial charge in [-0.25, -0.2) is 8.42 Å². The number of nitrogens with zero attached hydrogens (tertiary/aromatic N) is 1. The normalized spacial score (nSPS) is 11.0. The van der Waals surface area contributed by atoms with Crippen LogP contribution in [0.2, 0.25) is 5.02 Å². The number of ether oxygens (including phenoxy) is 3. The van der Waals surface area contributed by atoms with Gasteiger partial charge >= 0.3 is 0 Å². The summed E-state index contributed by atoms with van der Waals surface area (Å²) in [4.78, 5) is 13.3. The molecule has 0 aliphatic heterocycles. The maximum Gasteiger partial charge on any atom is 0.265 e. The summed E-state index contributed by atoms with van der Waals surface area (Å²) in [6.45, 7) is -0.559. The zero-order chi connectivity index (χ0) is 28.0. The Kier molecular flexibility index (Phi) is 8.63. The lowest BCUT2D eigenvalue weighted by molar-refractivity contribution is -0.114. The van der Waals surface area contributed by atoms with Gasteiger partial charge in [-0.2, -0.15) is 0 Å². The molecular formula is C29H27ClN2O6S. The molecule has 10 heteroatoms. The largest absolute Gasteiger partial charge is 0.495 e. The second kappa shape index (κ2) is 12.1. The highest BCUT2D eigenvalue weighted by Gasteiger charge is 2.31. The number of amides is 1. The summed E-state index contributed by atoms with van der Waals surface area (Å²) in [6.07, 6.45) is 0. The van der Waals surface area contributed by atoms with Crippen molar-refractivity contribution in [2.24, 2.45) is 0 Å². The first-order valence-electron chi connectivity index (χ1n) is 11.8. The minimum absolute atomic E-state index is 0.103. The van der Waals surface area contributed by atoms with Crippen molar-refractivity contribution in [2.75, 3.05) is 37.5 Å². The van der Waals surface area contributed by atoms with Crippen molar-refractivity contribution in [1.29, 1.82) is 0 Å². The highest BCUT2D eigenvalue weighted by atomic mass is 35.5. The quantitative estimate of drug-likeness (QED) is 0.258. The summed E-state index contributed by atoms with van der Waals surface area (Å²) in [5.74, 6) is 0.238. The van der Waals surface area contributed by atoms with Gasteiger partial charge in [0.05, 0.1) is 31.9 Å². The Bertz CT molecular complexity index is 1580. The van der Waals surface area contributed by atoms with Crippen LogP contribution in [0.4, 0.5) is 11.4 Å². The van der Waals surface area contributed by atoms with E-state index in [9.17, 15) is 13.2 Å². The third kappa shape index (κ3) is 6.10. The lowest BCUT2D eigenvalue weighted by Crippen LogP contribution is -2.38. The lowest BCUT2D eigenvalue weighted by atomic mass is 10.0. The van der Waals surface area contributed by atoms with Crippen LogP contribution in [-0.4, -0.2) is 42.2 Å². The number of benzene rings is 4. The van der Waals surface area contributed by atoms with Crippen LogP contribution in [-0.2, 0) is 14.8 Å². The third-order valence-electron chi connectivity index (χ3n) is 5.93. The van der Waals surface area contributed by atoms with Crippen LogP contribution < -0.4 is 23.8 Å². The molecule has 0 heterocycles. The van der Waals surface area contributed by atoms with Crippen molar-refractivity contribution in [3.05, 3.63) is 96.0 Å². The van der Waals surface area contributed by atoms with Crippen molar-refractivity contribution in [1.82, 2.24) is 0 Å². The molecule has 0 aliphatic carbocycles. The van der Waals surface area contributed by atoms with Crippen LogP contribution in [0.15, 0.2) is 95.9 Å². The molecule has 39 heavy (non-hydrogen) atoms. The molecule has 0 aliphatic rings. The van der Waals surface area contributed by atoms with E-state index in [-0.39, 0.29) is 27.1 Å². The number of methoxy groups -OCH3 is 3. The zero-order valence-corrected chi connectivity index (χ0v) is 23.1. The highest BCUT2D eigenvalue weighted by Crippen LogP contribution is 2.37. The SMILES string of the molecule is COc1ccc(S(=O)(=O)N(CC(=O)Nc2ccccc2-c2ccccc2)c2cc(Cl)ccc2OC)cc1OC. The molecule has 0 bridgehead atoms. The standard InChI is InChI=1S/C29H27ClN2O6S/c1-36-26-15-13-21(30)17-25(26)32(39(34,35)22-14-16-27(37-2)28(18-22)38-3)19-29(33)31-24-12-8-7-11-23(24)20-9-5-4-6-10-20/h4-18H,19H2,1-3H3,(H,31,33). The van der Waals surface area contributed by atoms with Crippen molar-refractivity contribution in [3.8, 4) is 28.4 Å². The van der Waals surface area contributed by atoms with Gasteiger partial charge in [0.15, 0.2) is 11.5 Å². The monoisotopic (exact) mass is 566 g/mol. The van der Waals surface area contributed by atoms with E-state index in [1.165, 1.54) is 51.7 Å². The van der Waals surface area contributed by atoms with Gasteiger partial charge in [0, 0.05) is 22.3 Å². The van der Waals surface area contributed by atoms with E-state index in [0.717, 1.165) is 15.4 Å². The summed E-state index contributed by atoms with van der Waals surface area (Å²) in [7, 11) is -0.0479. The molecule has 0 saturated carbocycles. The predicted octanol–water partition coefficient (Wildman–Crippen LogP) is 5.87. The van der Waals surface area contributed by atoms with Gasteiger partial charge in [-0.1, -0.05) is 60.1 Å². The van der Waals surface area contributed by atoms with Crippen LogP contribution in [0.5, 0.6) is 17.2 Å². The van der Waals surface area contributed by atoms with Gasteiger partial charge in [-0.05, 0) is 42.0 Å². The maximum absolute atomic E-state index is 14.0. The van der Waals surface area contributed by atoms with Gasteiger partial charge in [0.1, 0.15) is 12.3 Å². The molecule has 4 rings (SSSR count). The van der Waals surface area contributed by atoms with Crippen LogP contribution >= 0.6 is 11.6 Å². The Balaban J connectivity index is 1.76. The number of sulfonamides is 1. The molecule has 0 atom stereocenters. The number of carbonyl (C=O) groups excluding carboxylic acids is 1. The van der Waals surface area contributed by atoms with Crippen LogP contribution in [0, 0.1) is 0 Å². The number of halogens is 1. The molecule has 202 valence electrons. The predicted molar refractivity (Wildman–Crippen MR) is 153 cm³/mol. The number of hydrogen-bond donors (Lipinski definition) is 1. The molecule has 0 fully saturated rings. The summed E-state index contributed by atoms with van der Waals surface area (Å²) in [5, 5.41) is 3.13. The van der Waals surface area contributed by atoms with Crippen molar-refractivity contribution >= 4 is 38.9 Å². The molecule has 4 aromatic carbocycles. The molecule has 0 unspecified atom stereocenters. The summed E-state index contributed by atoms with van der Waals surface area (Å²) < 4.78 is 45.0. The Morgan fingerprint density at radius 3 is 2.13 bits per heavy atom. The number of hydrogen-bond acceptors (Lipinski definition) is 6. The maximum atomic E-state index is 14.0. The summed E-state index contributed by atoms with van der Waals surface area (Å²) in [6, 6.07) is 25.6. The minimum Gasteiger partial charge on any atom is -0.495 e. The first-order chi connectivity index (χ1) is 18.8. The van der Waals surface area contributed by atoms with E-state index in [1.54, 1.807) is 18.2 Å². The van der Waals surface area contributed by atoms with Gasteiger partial charge in [0.25, 0.3) is 10.0 Å². The Morgan fingerprint density at radius 2 is 1.44 bits per heavy atom. The van der Waals surface area contributed by atoms with Gasteiger partial charge < -0.3 is 19.5 Å². The smallest absolute Gasteiger partial charge is 0.265 e. The lowest BCUT2D eigenvalue weighted by Gasteiger charge is -2.26. The third-order valence-corrected chi connectivity index (χ3v) is 7.92. The first-order valence-corrected chi connectivity index (χ1v) is 13.6. The number of rotatable bonds is 10. The zero-order valence-electron chi connectivity index (χ0n) is 21.6. The molecule has 0 aromatic heterocycles. The minimum atomic E-state index is -4.31. The van der Waals surface area contributed by atoms with Crippen molar-refractivity contribution in [2.45, 2.75) is 4.90 Å². The second-order valence-corrected chi connectivity index (χ2v) is 10.6. The fourth-order valence-corrected chi connectivity index (χ4v) is 5.65. The molecule has 1 N–H and O–H groups in total. The molecule has 0 radical (unpaired) electrons. The van der Waals surface area contributed by atoms with Crippen LogP contribution in [0.3, 0.4) is 0 Å². The second-order valence-electron chi connectivity index (χ2n) is 8.30. The van der Waals surface area contributed by atoms with Crippen molar-refractivity contribution < 1.29 is 27.4 Å². The molecule has 8 nitrogen and oxygen atoms in total. The molecule has 1 amide bonds. The number of anilines is 2. The van der Waals surface area contributed by atoms with E-state index in [2.05, 4.69) is 5.32 Å². The Hall–Kier alpha value is -4.21. The topological polar surface area (TPSA) is 94.2 Å². The van der Waals surface area contributed by atoms with E-state index in [1.807, 2.05) is 42.5 Å². The average Bonchev–Trinajstić information content (AvgIpc) is 2.96. The first kappa shape index (κ1) is 27.8. The van der Waals surface area contributed by atoms with E-state index in [0.29, 0.717) is 11.4 Å². The van der Waals surface area contributed by atoms with E-state index >= 15 is 0 Å². The Morgan fingerprint density at radius 1 is 0.795 bits per heavy atom. The number of para-hydroxylation sites is 1. The summed E-state index contributed by atoms with van der Waals surface area (Å²) in [5.41, 5.74) is 2.34. The number of nitrogens with one attached hydrogen (secondary N) is 1. The fourth-order valence-electron chi connectivity index (χ4n) is 4.04. The van der Waals surface area contributed by atoms with Crippen LogP contribution in [0.1, 0.15) is 0 Å². The highest BCUT2D eigenvalue weighted by molar-refractivity contribution is 7.92. The van der Waals surface area contributed by atoms with Crippen molar-refractivity contribution in [3.63, 3.8) is 0 Å². The van der Waals surface area contributed by atoms with Gasteiger partial charge in [-0.15, -0.1) is 0 Å². The van der Waals surface area contributed by atoms with E-state index in [4.69, 9.17) is 25.8 Å². The van der Waals surface area contributed by atoms with Gasteiger partial charge in [-0.3, -0.25) is 9.10 Å². The molecule has 0 spiro atoms. The number of carbonyl (C=O) groups is 1. The van der Waals surface area contributed by atoms with Crippen LogP contribution in [0.25, 0.3) is 11.1 Å². The van der Waals surface area contributed by atoms with Gasteiger partial charge in [0.2, 0.25) is 5.91 Å². The molecular weight excluding hydrogens is 540 g/mol. The molecule has 0 saturated heterocycles. The fraction of sp³-hybridized carbons (Fsp3) is 0.138.